The van der Waals surface area contributed by atoms with Crippen molar-refractivity contribution < 1.29 is 4.74 Å². The Hall–Kier alpha value is -2.05. The molecule has 0 spiro atoms. The average molecular weight is 387 g/mol. The number of hydrogen-bond donors (Lipinski definition) is 2. The normalized spacial score (nSPS) is 16.9. The van der Waals surface area contributed by atoms with E-state index in [-0.39, 0.29) is 6.04 Å². The molecule has 2 aromatic rings. The van der Waals surface area contributed by atoms with Gasteiger partial charge in [0.2, 0.25) is 0 Å². The molecule has 0 amide bonds. The number of nitrogens with zero attached hydrogens (tertiary/aromatic N) is 2. The van der Waals surface area contributed by atoms with Crippen LogP contribution in [0.2, 0.25) is 0 Å². The highest BCUT2D eigenvalue weighted by Crippen LogP contribution is 2.31. The van der Waals surface area contributed by atoms with Crippen molar-refractivity contribution in [2.24, 2.45) is 10.7 Å². The second kappa shape index (κ2) is 10.3. The van der Waals surface area contributed by atoms with Crippen molar-refractivity contribution in [2.45, 2.75) is 31.7 Å². The van der Waals surface area contributed by atoms with Crippen molar-refractivity contribution in [3.8, 4) is 5.75 Å². The van der Waals surface area contributed by atoms with Gasteiger partial charge in [-0.1, -0.05) is 30.7 Å². The van der Waals surface area contributed by atoms with Crippen LogP contribution in [0.15, 0.2) is 46.8 Å². The first-order valence-electron chi connectivity index (χ1n) is 9.71. The zero-order valence-electron chi connectivity index (χ0n) is 16.1. The Morgan fingerprint density at radius 2 is 2.04 bits per heavy atom. The van der Waals surface area contributed by atoms with Gasteiger partial charge < -0.3 is 15.8 Å². The van der Waals surface area contributed by atoms with Crippen LogP contribution in [0.5, 0.6) is 5.75 Å². The van der Waals surface area contributed by atoms with E-state index in [1.807, 2.05) is 12.1 Å². The lowest BCUT2D eigenvalue weighted by molar-refractivity contribution is 0.165. The monoisotopic (exact) mass is 386 g/mol. The third-order valence-electron chi connectivity index (χ3n) is 5.02. The quantitative estimate of drug-likeness (QED) is 0.539. The Morgan fingerprint density at radius 3 is 2.78 bits per heavy atom. The maximum atomic E-state index is 6.13. The fourth-order valence-electron chi connectivity index (χ4n) is 3.59. The highest BCUT2D eigenvalue weighted by atomic mass is 32.1. The predicted octanol–water partition coefficient (Wildman–Crippen LogP) is 3.43. The largest absolute Gasteiger partial charge is 0.496 e. The highest BCUT2D eigenvalue weighted by molar-refractivity contribution is 7.09. The minimum absolute atomic E-state index is 0.194. The van der Waals surface area contributed by atoms with Crippen LogP contribution < -0.4 is 15.8 Å². The van der Waals surface area contributed by atoms with Crippen molar-refractivity contribution >= 4 is 17.3 Å². The fraction of sp³-hybridized carbons (Fsp3) is 0.476. The summed E-state index contributed by atoms with van der Waals surface area (Å²) in [6.45, 7) is 3.64. The molecule has 1 saturated heterocycles. The first-order valence-corrected chi connectivity index (χ1v) is 10.6. The van der Waals surface area contributed by atoms with Crippen LogP contribution in [0, 0.1) is 0 Å². The highest BCUT2D eigenvalue weighted by Gasteiger charge is 2.24. The molecule has 5 nitrogen and oxygen atoms in total. The number of ether oxygens (including phenoxy) is 1. The third kappa shape index (κ3) is 5.71. The van der Waals surface area contributed by atoms with Gasteiger partial charge in [-0.25, -0.2) is 0 Å². The number of aliphatic imine (C=N–C) groups is 1. The molecule has 1 aliphatic heterocycles. The lowest BCUT2D eigenvalue weighted by Crippen LogP contribution is -2.37. The van der Waals surface area contributed by atoms with E-state index in [2.05, 4.69) is 44.9 Å². The summed E-state index contributed by atoms with van der Waals surface area (Å²) in [6, 6.07) is 12.7. The molecule has 1 aromatic heterocycles. The number of guanidine groups is 1. The number of para-hydroxylation sites is 1. The minimum atomic E-state index is 0.194. The molecule has 146 valence electrons. The number of benzene rings is 1. The van der Waals surface area contributed by atoms with Crippen molar-refractivity contribution in [3.05, 3.63) is 52.2 Å². The summed E-state index contributed by atoms with van der Waals surface area (Å²) in [5.74, 6) is 1.44. The second-order valence-corrected chi connectivity index (χ2v) is 7.87. The van der Waals surface area contributed by atoms with Crippen molar-refractivity contribution in [2.75, 3.05) is 33.3 Å². The summed E-state index contributed by atoms with van der Waals surface area (Å²) in [4.78, 5) is 8.53. The maximum Gasteiger partial charge on any atom is 0.188 e. The van der Waals surface area contributed by atoms with E-state index in [1.165, 1.54) is 29.7 Å². The van der Waals surface area contributed by atoms with Crippen molar-refractivity contribution in [1.29, 1.82) is 0 Å². The lowest BCUT2D eigenvalue weighted by Gasteiger charge is -2.34. The lowest BCUT2D eigenvalue weighted by atomic mass is 10.0. The average Bonchev–Trinajstić information content (AvgIpc) is 3.23. The first kappa shape index (κ1) is 19.7. The van der Waals surface area contributed by atoms with E-state index >= 15 is 0 Å². The van der Waals surface area contributed by atoms with Crippen LogP contribution in [0.3, 0.4) is 0 Å². The number of hydrogen-bond acceptors (Lipinski definition) is 4. The van der Waals surface area contributed by atoms with Crippen LogP contribution in [-0.4, -0.2) is 44.1 Å². The van der Waals surface area contributed by atoms with E-state index in [0.29, 0.717) is 12.5 Å². The van der Waals surface area contributed by atoms with Crippen molar-refractivity contribution in [1.82, 2.24) is 10.2 Å². The summed E-state index contributed by atoms with van der Waals surface area (Å²) in [6.07, 6.45) is 4.76. The van der Waals surface area contributed by atoms with Gasteiger partial charge in [-0.05, 0) is 49.9 Å². The summed E-state index contributed by atoms with van der Waals surface area (Å²) in [5, 5.41) is 5.34. The van der Waals surface area contributed by atoms with Crippen LogP contribution in [0.4, 0.5) is 0 Å². The number of nitrogens with one attached hydrogen (secondary N) is 1. The van der Waals surface area contributed by atoms with E-state index in [0.717, 1.165) is 31.8 Å². The molecule has 0 aliphatic carbocycles. The second-order valence-electron chi connectivity index (χ2n) is 6.84. The van der Waals surface area contributed by atoms with E-state index in [4.69, 9.17) is 10.5 Å². The molecule has 6 heteroatoms. The van der Waals surface area contributed by atoms with Gasteiger partial charge in [-0.2, -0.15) is 0 Å². The molecule has 1 aromatic carbocycles. The molecule has 3 rings (SSSR count). The SMILES string of the molecule is COc1ccccc1C(CN=C(N)NCCc1cccs1)N1CCCCC1. The van der Waals surface area contributed by atoms with Crippen LogP contribution in [-0.2, 0) is 6.42 Å². The topological polar surface area (TPSA) is 62.9 Å². The standard InChI is InChI=1S/C21H30N4OS/c1-26-20-10-4-3-9-18(20)19(25-13-5-2-6-14-25)16-24-21(22)23-12-11-17-8-7-15-27-17/h3-4,7-10,15,19H,2,5-6,11-14,16H2,1H3,(H3,22,23,24). The first-order chi connectivity index (χ1) is 13.3. The number of rotatable bonds is 8. The smallest absolute Gasteiger partial charge is 0.188 e. The van der Waals surface area contributed by atoms with Gasteiger partial charge in [-0.3, -0.25) is 9.89 Å². The number of likely N-dealkylation sites (tertiary alicyclic amines) is 1. The predicted molar refractivity (Wildman–Crippen MR) is 114 cm³/mol. The zero-order valence-corrected chi connectivity index (χ0v) is 16.9. The molecule has 0 bridgehead atoms. The molecular weight excluding hydrogens is 356 g/mol. The Balaban J connectivity index is 1.65. The van der Waals surface area contributed by atoms with Crippen LogP contribution in [0.25, 0.3) is 0 Å². The molecular formula is C21H30N4OS. The molecule has 3 N–H and O–H groups in total. The van der Waals surface area contributed by atoms with Crippen molar-refractivity contribution in [3.63, 3.8) is 0 Å². The maximum absolute atomic E-state index is 6.13. The third-order valence-corrected chi connectivity index (χ3v) is 5.96. The van der Waals surface area contributed by atoms with E-state index < -0.39 is 0 Å². The number of methoxy groups -OCH3 is 1. The molecule has 0 saturated carbocycles. The van der Waals surface area contributed by atoms with Gasteiger partial charge >= 0.3 is 0 Å². The molecule has 2 heterocycles. The molecule has 0 radical (unpaired) electrons. The zero-order chi connectivity index (χ0) is 18.9. The summed E-state index contributed by atoms with van der Waals surface area (Å²) in [5.41, 5.74) is 7.32. The van der Waals surface area contributed by atoms with Gasteiger partial charge in [0.25, 0.3) is 0 Å². The minimum Gasteiger partial charge on any atom is -0.496 e. The number of piperidine rings is 1. The van der Waals surface area contributed by atoms with Crippen LogP contribution >= 0.6 is 11.3 Å². The van der Waals surface area contributed by atoms with Gasteiger partial charge in [-0.15, -0.1) is 11.3 Å². The Bertz CT molecular complexity index is 711. The summed E-state index contributed by atoms with van der Waals surface area (Å²) in [7, 11) is 1.73. The Morgan fingerprint density at radius 1 is 1.22 bits per heavy atom. The molecule has 1 fully saturated rings. The molecule has 1 aliphatic rings. The number of nitrogens with two attached hydrogens (primary N) is 1. The van der Waals surface area contributed by atoms with Gasteiger partial charge in [0.05, 0.1) is 19.7 Å². The Kier molecular flexibility index (Phi) is 7.54. The molecule has 27 heavy (non-hydrogen) atoms. The van der Waals surface area contributed by atoms with Gasteiger partial charge in [0.1, 0.15) is 5.75 Å². The molecule has 1 unspecified atom stereocenters. The Labute approximate surface area is 166 Å². The van der Waals surface area contributed by atoms with E-state index in [9.17, 15) is 0 Å². The summed E-state index contributed by atoms with van der Waals surface area (Å²) < 4.78 is 5.61. The fourth-order valence-corrected chi connectivity index (χ4v) is 4.30. The van der Waals surface area contributed by atoms with E-state index in [1.54, 1.807) is 18.4 Å². The summed E-state index contributed by atoms with van der Waals surface area (Å²) >= 11 is 1.77. The number of thiophene rings is 1. The molecule has 1 atom stereocenters. The van der Waals surface area contributed by atoms with Gasteiger partial charge in [0, 0.05) is 17.0 Å². The van der Waals surface area contributed by atoms with Crippen LogP contribution in [0.1, 0.15) is 35.7 Å². The van der Waals surface area contributed by atoms with Gasteiger partial charge in [0.15, 0.2) is 5.96 Å².